The Labute approximate surface area is 329 Å². The summed E-state index contributed by atoms with van der Waals surface area (Å²) in [6, 6.07) is 4.13. The van der Waals surface area contributed by atoms with Crippen molar-refractivity contribution in [2.75, 3.05) is 6.61 Å². The van der Waals surface area contributed by atoms with E-state index in [1.54, 1.807) is 0 Å². The number of hydrogen-bond acceptors (Lipinski definition) is 6. The number of rotatable bonds is 19. The van der Waals surface area contributed by atoms with E-state index < -0.39 is 26.7 Å². The maximum absolute atomic E-state index is 14.0. The molecule has 4 atom stereocenters. The van der Waals surface area contributed by atoms with Gasteiger partial charge in [-0.15, -0.1) is 0 Å². The van der Waals surface area contributed by atoms with E-state index in [2.05, 4.69) is 145 Å². The van der Waals surface area contributed by atoms with Crippen molar-refractivity contribution in [1.29, 1.82) is 0 Å². The van der Waals surface area contributed by atoms with Gasteiger partial charge in [0.05, 0.1) is 17.1 Å². The van der Waals surface area contributed by atoms with Crippen LogP contribution in [-0.4, -0.2) is 55.7 Å². The molecule has 1 aliphatic rings. The molecule has 1 N–H and O–H groups in total. The summed E-state index contributed by atoms with van der Waals surface area (Å²) >= 11 is 0. The predicted molar refractivity (Wildman–Crippen MR) is 232 cm³/mol. The number of sulfonamides is 1. The monoisotopic (exact) mass is 793 g/mol. The van der Waals surface area contributed by atoms with Gasteiger partial charge in [0.2, 0.25) is 0 Å². The quantitative estimate of drug-likeness (QED) is 0.0496. The minimum absolute atomic E-state index is 0.00580. The number of hydrazone groups is 1. The molecule has 0 aliphatic carbocycles. The van der Waals surface area contributed by atoms with Crippen molar-refractivity contribution in [3.8, 4) is 0 Å². The molecule has 0 amide bonds. The standard InChI is InChI=1S/C43H80N2O5SSi2/c1-29(2)35-27-38(30(3)4)41(39(28-35)31(5)6)51(46,47)45-44-34(9)32(7)25-37(50-53(18,19)43(13,14)15)22-23-40-33(8)26-36(49-40)21-20-24-48-52(16,17)42(10,11)12/h27-32,36-37,40,45H,8,20-26H2,1-7,9-19H3/b44-34+/t32?,36-,37?,40-/m0/s1. The maximum Gasteiger partial charge on any atom is 0.277 e. The van der Waals surface area contributed by atoms with Crippen molar-refractivity contribution >= 4 is 32.4 Å². The fourth-order valence-corrected chi connectivity index (χ4v) is 10.4. The van der Waals surface area contributed by atoms with Crippen LogP contribution in [0.3, 0.4) is 0 Å². The first-order valence-electron chi connectivity index (χ1n) is 20.4. The molecule has 53 heavy (non-hydrogen) atoms. The molecule has 2 rings (SSSR count). The molecule has 0 saturated carbocycles. The van der Waals surface area contributed by atoms with Gasteiger partial charge in [-0.05, 0) is 128 Å². The number of nitrogens with zero attached hydrogens (tertiary/aromatic N) is 1. The van der Waals surface area contributed by atoms with Crippen LogP contribution in [0, 0.1) is 5.92 Å². The number of ether oxygens (including phenoxy) is 1. The number of nitrogens with one attached hydrogen (secondary N) is 1. The minimum Gasteiger partial charge on any atom is -0.417 e. The van der Waals surface area contributed by atoms with Gasteiger partial charge in [0.1, 0.15) is 0 Å². The number of hydrogen-bond donors (Lipinski definition) is 1. The van der Waals surface area contributed by atoms with E-state index in [1.165, 1.54) is 5.57 Å². The zero-order valence-electron chi connectivity index (χ0n) is 37.2. The van der Waals surface area contributed by atoms with Crippen molar-refractivity contribution in [1.82, 2.24) is 4.83 Å². The smallest absolute Gasteiger partial charge is 0.277 e. The van der Waals surface area contributed by atoms with Gasteiger partial charge in [0, 0.05) is 18.4 Å². The van der Waals surface area contributed by atoms with Crippen LogP contribution in [0.5, 0.6) is 0 Å². The molecule has 10 heteroatoms. The van der Waals surface area contributed by atoms with Crippen molar-refractivity contribution in [2.45, 2.75) is 213 Å². The Morgan fingerprint density at radius 2 is 1.43 bits per heavy atom. The second kappa shape index (κ2) is 18.8. The summed E-state index contributed by atoms with van der Waals surface area (Å²) < 4.78 is 48.1. The molecule has 306 valence electrons. The summed E-state index contributed by atoms with van der Waals surface area (Å²) in [6.45, 7) is 44.6. The fourth-order valence-electron chi connectivity index (χ4n) is 6.31. The van der Waals surface area contributed by atoms with Gasteiger partial charge in [0.15, 0.2) is 16.6 Å². The molecule has 0 spiro atoms. The first-order chi connectivity index (χ1) is 24.0. The average molecular weight is 793 g/mol. The predicted octanol–water partition coefficient (Wildman–Crippen LogP) is 12.4. The molecule has 1 aliphatic heterocycles. The van der Waals surface area contributed by atoms with Crippen molar-refractivity contribution in [2.24, 2.45) is 11.0 Å². The Hall–Kier alpha value is -1.31. The first kappa shape index (κ1) is 47.8. The van der Waals surface area contributed by atoms with Crippen LogP contribution in [0.2, 0.25) is 36.3 Å². The van der Waals surface area contributed by atoms with E-state index in [4.69, 9.17) is 13.6 Å². The van der Waals surface area contributed by atoms with E-state index in [-0.39, 0.29) is 46.1 Å². The van der Waals surface area contributed by atoms with Crippen LogP contribution >= 0.6 is 0 Å². The lowest BCUT2D eigenvalue weighted by molar-refractivity contribution is 0.0307. The third-order valence-electron chi connectivity index (χ3n) is 12.3. The zero-order valence-corrected chi connectivity index (χ0v) is 40.1. The summed E-state index contributed by atoms with van der Waals surface area (Å²) in [5.74, 6) is 0.402. The third-order valence-corrected chi connectivity index (χ3v) is 22.7. The number of benzene rings is 1. The van der Waals surface area contributed by atoms with Crippen LogP contribution in [0.25, 0.3) is 0 Å². The lowest BCUT2D eigenvalue weighted by Gasteiger charge is -2.40. The Bertz CT molecular complexity index is 1470. The lowest BCUT2D eigenvalue weighted by Crippen LogP contribution is -2.44. The molecule has 1 aromatic rings. The van der Waals surface area contributed by atoms with Crippen LogP contribution < -0.4 is 4.83 Å². The van der Waals surface area contributed by atoms with E-state index in [1.807, 2.05) is 6.92 Å². The molecular formula is C43H80N2O5SSi2. The van der Waals surface area contributed by atoms with Gasteiger partial charge < -0.3 is 13.6 Å². The second-order valence-electron chi connectivity index (χ2n) is 19.9. The van der Waals surface area contributed by atoms with Crippen LogP contribution in [0.4, 0.5) is 0 Å². The molecule has 7 nitrogen and oxygen atoms in total. The highest BCUT2D eigenvalue weighted by atomic mass is 32.2. The van der Waals surface area contributed by atoms with Gasteiger partial charge in [-0.2, -0.15) is 13.5 Å². The van der Waals surface area contributed by atoms with Crippen LogP contribution in [0.1, 0.15) is 170 Å². The normalized spacial score (nSPS) is 19.5. The van der Waals surface area contributed by atoms with Crippen molar-refractivity contribution < 1.29 is 22.0 Å². The highest BCUT2D eigenvalue weighted by Gasteiger charge is 2.40. The summed E-state index contributed by atoms with van der Waals surface area (Å²) in [6.07, 6.45) is 5.52. The lowest BCUT2D eigenvalue weighted by atomic mass is 9.89. The highest BCUT2D eigenvalue weighted by Crippen LogP contribution is 2.40. The Kier molecular flexibility index (Phi) is 16.9. The van der Waals surface area contributed by atoms with E-state index in [9.17, 15) is 8.42 Å². The molecule has 0 bridgehead atoms. The SMILES string of the molecule is C=C1C[C@H](CCCO[Si](C)(C)C(C)(C)C)O[C@H]1CCC(CC(C)/C(C)=N/NS(=O)(=O)c1c(C(C)C)cc(C(C)C)cc1C(C)C)O[Si](C)(C)C(C)(C)C. The molecule has 1 aromatic carbocycles. The maximum atomic E-state index is 14.0. The molecule has 1 heterocycles. The average Bonchev–Trinajstić information content (AvgIpc) is 3.37. The summed E-state index contributed by atoms with van der Waals surface area (Å²) in [4.78, 5) is 3.02. The van der Waals surface area contributed by atoms with E-state index >= 15 is 0 Å². The molecular weight excluding hydrogens is 713 g/mol. The molecule has 1 saturated heterocycles. The van der Waals surface area contributed by atoms with Gasteiger partial charge in [-0.25, -0.2) is 4.83 Å². The van der Waals surface area contributed by atoms with E-state index in [0.717, 1.165) is 67.5 Å². The van der Waals surface area contributed by atoms with Gasteiger partial charge in [0.25, 0.3) is 10.0 Å². The summed E-state index contributed by atoms with van der Waals surface area (Å²) in [7, 11) is -7.75. The highest BCUT2D eigenvalue weighted by molar-refractivity contribution is 7.89. The van der Waals surface area contributed by atoms with Gasteiger partial charge in [-0.1, -0.05) is 109 Å². The first-order valence-corrected chi connectivity index (χ1v) is 27.7. The second-order valence-corrected chi connectivity index (χ2v) is 31.1. The third kappa shape index (κ3) is 13.4. The molecule has 2 unspecified atom stereocenters. The zero-order chi connectivity index (χ0) is 40.9. The molecule has 1 fully saturated rings. The minimum atomic E-state index is -3.91. The van der Waals surface area contributed by atoms with Crippen LogP contribution in [-0.2, 0) is 23.6 Å². The Balaban J connectivity index is 2.21. The Morgan fingerprint density at radius 1 is 0.906 bits per heavy atom. The fraction of sp³-hybridized carbons (Fsp3) is 0.791. The molecule has 0 aromatic heterocycles. The van der Waals surface area contributed by atoms with Crippen molar-refractivity contribution in [3.05, 3.63) is 41.0 Å². The van der Waals surface area contributed by atoms with Crippen LogP contribution in [0.15, 0.2) is 34.3 Å². The summed E-state index contributed by atoms with van der Waals surface area (Å²) in [5, 5.41) is 4.81. The Morgan fingerprint density at radius 3 is 1.91 bits per heavy atom. The van der Waals surface area contributed by atoms with Crippen molar-refractivity contribution in [3.63, 3.8) is 0 Å². The molecule has 0 radical (unpaired) electrons. The summed E-state index contributed by atoms with van der Waals surface area (Å²) in [5.41, 5.74) is 4.76. The van der Waals surface area contributed by atoms with Gasteiger partial charge >= 0.3 is 0 Å². The largest absolute Gasteiger partial charge is 0.417 e. The van der Waals surface area contributed by atoms with Gasteiger partial charge in [-0.3, -0.25) is 0 Å². The van der Waals surface area contributed by atoms with E-state index in [0.29, 0.717) is 10.8 Å². The topological polar surface area (TPSA) is 86.2 Å².